The predicted molar refractivity (Wildman–Crippen MR) is 55.4 cm³/mol. The second kappa shape index (κ2) is 3.89. The Morgan fingerprint density at radius 2 is 2.29 bits per heavy atom. The number of nitrogens with zero attached hydrogens (tertiary/aromatic N) is 2. The lowest BCUT2D eigenvalue weighted by molar-refractivity contribution is 0.277. The van der Waals surface area contributed by atoms with Crippen molar-refractivity contribution in [2.24, 2.45) is 0 Å². The number of aromatic nitrogens is 3. The van der Waals surface area contributed by atoms with Gasteiger partial charge in [0.15, 0.2) is 0 Å². The molecule has 0 amide bonds. The molecule has 0 atom stereocenters. The highest BCUT2D eigenvalue weighted by Gasteiger charge is 2.06. The summed E-state index contributed by atoms with van der Waals surface area (Å²) in [6, 6.07) is 1.85. The first-order chi connectivity index (χ1) is 6.81. The molecular weight excluding hydrogens is 246 g/mol. The number of aliphatic hydroxyl groups is 1. The lowest BCUT2D eigenvalue weighted by Crippen LogP contribution is -1.85. The second-order valence-electron chi connectivity index (χ2n) is 2.77. The first-order valence-corrected chi connectivity index (χ1v) is 4.85. The standard InChI is InChI=1S/C9H8BrN3O/c10-8-4-11-2-1-7(8)9-12-3-6(5-14)13-9/h1-4,14H,5H2,(H,12,13). The van der Waals surface area contributed by atoms with Gasteiger partial charge in [0.2, 0.25) is 0 Å². The van der Waals surface area contributed by atoms with Crippen molar-refractivity contribution in [2.45, 2.75) is 6.61 Å². The van der Waals surface area contributed by atoms with E-state index in [1.807, 2.05) is 6.07 Å². The number of hydrogen-bond acceptors (Lipinski definition) is 3. The maximum atomic E-state index is 8.87. The van der Waals surface area contributed by atoms with Gasteiger partial charge in [0.1, 0.15) is 5.82 Å². The van der Waals surface area contributed by atoms with Gasteiger partial charge in [-0.25, -0.2) is 4.98 Å². The van der Waals surface area contributed by atoms with Crippen LogP contribution in [0.2, 0.25) is 0 Å². The number of H-pyrrole nitrogens is 1. The molecule has 0 unspecified atom stereocenters. The smallest absolute Gasteiger partial charge is 0.138 e. The zero-order chi connectivity index (χ0) is 9.97. The highest BCUT2D eigenvalue weighted by Crippen LogP contribution is 2.24. The summed E-state index contributed by atoms with van der Waals surface area (Å²) in [4.78, 5) is 11.1. The molecule has 2 N–H and O–H groups in total. The highest BCUT2D eigenvalue weighted by molar-refractivity contribution is 9.10. The number of pyridine rings is 1. The van der Waals surface area contributed by atoms with Crippen LogP contribution < -0.4 is 0 Å². The normalized spacial score (nSPS) is 10.4. The Bertz CT molecular complexity index is 441. The van der Waals surface area contributed by atoms with Crippen LogP contribution in [0.15, 0.2) is 29.1 Å². The molecule has 2 aromatic heterocycles. The van der Waals surface area contributed by atoms with E-state index in [4.69, 9.17) is 5.11 Å². The van der Waals surface area contributed by atoms with Crippen molar-refractivity contribution in [1.82, 2.24) is 15.0 Å². The van der Waals surface area contributed by atoms with Crippen molar-refractivity contribution in [1.29, 1.82) is 0 Å². The molecule has 0 saturated carbocycles. The summed E-state index contributed by atoms with van der Waals surface area (Å²) in [5, 5.41) is 8.87. The van der Waals surface area contributed by atoms with Crippen LogP contribution >= 0.6 is 15.9 Å². The lowest BCUT2D eigenvalue weighted by atomic mass is 10.2. The molecule has 0 aliphatic rings. The van der Waals surface area contributed by atoms with Crippen LogP contribution in [0.3, 0.4) is 0 Å². The van der Waals surface area contributed by atoms with E-state index in [1.54, 1.807) is 18.6 Å². The van der Waals surface area contributed by atoms with Crippen molar-refractivity contribution in [3.05, 3.63) is 34.8 Å². The number of nitrogens with one attached hydrogen (secondary N) is 1. The summed E-state index contributed by atoms with van der Waals surface area (Å²) < 4.78 is 0.874. The third-order valence-corrected chi connectivity index (χ3v) is 2.46. The van der Waals surface area contributed by atoms with Gasteiger partial charge in [0, 0.05) is 22.4 Å². The molecule has 2 rings (SSSR count). The molecule has 4 nitrogen and oxygen atoms in total. The van der Waals surface area contributed by atoms with Crippen molar-refractivity contribution in [2.75, 3.05) is 0 Å². The zero-order valence-corrected chi connectivity index (χ0v) is 8.82. The molecule has 0 fully saturated rings. The maximum Gasteiger partial charge on any atom is 0.138 e. The van der Waals surface area contributed by atoms with Crippen LogP contribution in [0.25, 0.3) is 11.4 Å². The molecule has 72 valence electrons. The Morgan fingerprint density at radius 3 is 2.93 bits per heavy atom. The number of aromatic amines is 1. The van der Waals surface area contributed by atoms with E-state index >= 15 is 0 Å². The summed E-state index contributed by atoms with van der Waals surface area (Å²) >= 11 is 3.38. The van der Waals surface area contributed by atoms with E-state index in [-0.39, 0.29) is 6.61 Å². The van der Waals surface area contributed by atoms with Gasteiger partial charge in [0.25, 0.3) is 0 Å². The summed E-state index contributed by atoms with van der Waals surface area (Å²) in [6.07, 6.45) is 5.01. The molecule has 0 bridgehead atoms. The Balaban J connectivity index is 2.44. The number of aliphatic hydroxyl groups excluding tert-OH is 1. The number of halogens is 1. The second-order valence-corrected chi connectivity index (χ2v) is 3.63. The van der Waals surface area contributed by atoms with Gasteiger partial charge < -0.3 is 10.1 Å². The molecule has 0 aromatic carbocycles. The molecule has 2 aromatic rings. The van der Waals surface area contributed by atoms with Crippen LogP contribution in [-0.2, 0) is 6.61 Å². The molecule has 0 aliphatic heterocycles. The van der Waals surface area contributed by atoms with Gasteiger partial charge in [-0.1, -0.05) is 0 Å². The number of hydrogen-bond donors (Lipinski definition) is 2. The van der Waals surface area contributed by atoms with E-state index in [0.29, 0.717) is 5.69 Å². The average Bonchev–Trinajstić information content (AvgIpc) is 2.67. The quantitative estimate of drug-likeness (QED) is 0.857. The fraction of sp³-hybridized carbons (Fsp3) is 0.111. The number of imidazole rings is 1. The first kappa shape index (κ1) is 9.36. The first-order valence-electron chi connectivity index (χ1n) is 4.06. The maximum absolute atomic E-state index is 8.87. The molecule has 0 radical (unpaired) electrons. The van der Waals surface area contributed by atoms with E-state index in [2.05, 4.69) is 30.9 Å². The van der Waals surface area contributed by atoms with E-state index in [1.165, 1.54) is 0 Å². The summed E-state index contributed by atoms with van der Waals surface area (Å²) in [6.45, 7) is -0.0320. The van der Waals surface area contributed by atoms with Gasteiger partial charge in [-0.15, -0.1) is 0 Å². The Hall–Kier alpha value is -1.20. The average molecular weight is 254 g/mol. The fourth-order valence-corrected chi connectivity index (χ4v) is 1.58. The predicted octanol–water partition coefficient (Wildman–Crippen LogP) is 1.73. The molecule has 2 heterocycles. The minimum absolute atomic E-state index is 0.0320. The van der Waals surface area contributed by atoms with Crippen LogP contribution in [0.4, 0.5) is 0 Å². The van der Waals surface area contributed by atoms with E-state index in [0.717, 1.165) is 15.9 Å². The summed E-state index contributed by atoms with van der Waals surface area (Å²) in [7, 11) is 0. The SMILES string of the molecule is OCc1cnc(-c2ccncc2Br)[nH]1. The van der Waals surface area contributed by atoms with E-state index in [9.17, 15) is 0 Å². The minimum Gasteiger partial charge on any atom is -0.390 e. The minimum atomic E-state index is -0.0320. The van der Waals surface area contributed by atoms with Crippen molar-refractivity contribution in [3.63, 3.8) is 0 Å². The highest BCUT2D eigenvalue weighted by atomic mass is 79.9. The van der Waals surface area contributed by atoms with Crippen molar-refractivity contribution >= 4 is 15.9 Å². The third-order valence-electron chi connectivity index (χ3n) is 1.83. The van der Waals surface area contributed by atoms with Gasteiger partial charge >= 0.3 is 0 Å². The molecule has 5 heteroatoms. The van der Waals surface area contributed by atoms with Gasteiger partial charge in [0.05, 0.1) is 18.5 Å². The molecule has 0 aliphatic carbocycles. The Kier molecular flexibility index (Phi) is 2.60. The molecule has 0 spiro atoms. The zero-order valence-electron chi connectivity index (χ0n) is 7.24. The third kappa shape index (κ3) is 1.69. The van der Waals surface area contributed by atoms with Crippen LogP contribution in [0, 0.1) is 0 Å². The molecule has 0 saturated heterocycles. The fourth-order valence-electron chi connectivity index (χ4n) is 1.14. The number of rotatable bonds is 2. The van der Waals surface area contributed by atoms with Gasteiger partial charge in [-0.3, -0.25) is 4.98 Å². The van der Waals surface area contributed by atoms with Gasteiger partial charge in [-0.2, -0.15) is 0 Å². The summed E-state index contributed by atoms with van der Waals surface area (Å²) in [5.74, 6) is 0.725. The van der Waals surface area contributed by atoms with Crippen molar-refractivity contribution < 1.29 is 5.11 Å². The van der Waals surface area contributed by atoms with Crippen LogP contribution in [-0.4, -0.2) is 20.1 Å². The Labute approximate surface area is 89.2 Å². The van der Waals surface area contributed by atoms with Crippen molar-refractivity contribution in [3.8, 4) is 11.4 Å². The lowest BCUT2D eigenvalue weighted by Gasteiger charge is -1.98. The summed E-state index contributed by atoms with van der Waals surface area (Å²) in [5.41, 5.74) is 1.63. The Morgan fingerprint density at radius 1 is 1.43 bits per heavy atom. The topological polar surface area (TPSA) is 61.8 Å². The largest absolute Gasteiger partial charge is 0.390 e. The van der Waals surface area contributed by atoms with Crippen LogP contribution in [0.1, 0.15) is 5.69 Å². The monoisotopic (exact) mass is 253 g/mol. The van der Waals surface area contributed by atoms with E-state index < -0.39 is 0 Å². The molecule has 14 heavy (non-hydrogen) atoms. The molecular formula is C9H8BrN3O. The van der Waals surface area contributed by atoms with Crippen LogP contribution in [0.5, 0.6) is 0 Å². The van der Waals surface area contributed by atoms with Gasteiger partial charge in [-0.05, 0) is 22.0 Å².